The molecule has 0 aliphatic carbocycles. The highest BCUT2D eigenvalue weighted by Crippen LogP contribution is 2.22. The van der Waals surface area contributed by atoms with Gasteiger partial charge in [-0.3, -0.25) is 5.32 Å². The van der Waals surface area contributed by atoms with Crippen LogP contribution in [0.25, 0.3) is 0 Å². The van der Waals surface area contributed by atoms with Crippen LogP contribution in [0, 0.1) is 11.3 Å². The van der Waals surface area contributed by atoms with E-state index in [-0.39, 0.29) is 5.54 Å². The molecule has 1 saturated heterocycles. The molecule has 0 aromatic rings. The van der Waals surface area contributed by atoms with Crippen molar-refractivity contribution in [1.82, 2.24) is 10.2 Å². The molecule has 1 rings (SSSR count). The molecule has 1 N–H and O–H groups in total. The minimum Gasteiger partial charge on any atom is -0.300 e. The van der Waals surface area contributed by atoms with Crippen molar-refractivity contribution in [2.75, 3.05) is 19.6 Å². The monoisotopic (exact) mass is 279 g/mol. The van der Waals surface area contributed by atoms with Gasteiger partial charge < -0.3 is 4.90 Å². The van der Waals surface area contributed by atoms with Crippen LogP contribution >= 0.6 is 0 Å². The van der Waals surface area contributed by atoms with Crippen molar-refractivity contribution in [3.8, 4) is 6.07 Å². The molecule has 116 valence electrons. The maximum atomic E-state index is 9.46. The Morgan fingerprint density at radius 3 is 2.65 bits per heavy atom. The molecule has 2 unspecified atom stereocenters. The van der Waals surface area contributed by atoms with Gasteiger partial charge in [0.2, 0.25) is 0 Å². The van der Waals surface area contributed by atoms with Crippen molar-refractivity contribution in [2.24, 2.45) is 0 Å². The van der Waals surface area contributed by atoms with E-state index in [1.54, 1.807) is 0 Å². The van der Waals surface area contributed by atoms with Crippen molar-refractivity contribution < 1.29 is 0 Å². The van der Waals surface area contributed by atoms with Crippen molar-refractivity contribution in [2.45, 2.75) is 83.7 Å². The minimum atomic E-state index is -0.303. The van der Waals surface area contributed by atoms with Crippen LogP contribution in [0.15, 0.2) is 0 Å². The molecular formula is C17H33N3. The van der Waals surface area contributed by atoms with Gasteiger partial charge in [0.15, 0.2) is 0 Å². The number of nitrogens with zero attached hydrogens (tertiary/aromatic N) is 2. The first-order chi connectivity index (χ1) is 9.71. The van der Waals surface area contributed by atoms with Gasteiger partial charge in [-0.25, -0.2) is 0 Å². The standard InChI is InChI=1S/C17H33N3/c1-4-16-11-8-7-9-13-20(16)14-10-12-17(5-2,15-18)19-6-3/h16,19H,4-14H2,1-3H3. The van der Waals surface area contributed by atoms with Gasteiger partial charge in [0.25, 0.3) is 0 Å². The van der Waals surface area contributed by atoms with E-state index in [0.29, 0.717) is 0 Å². The Bertz CT molecular complexity index is 297. The lowest BCUT2D eigenvalue weighted by atomic mass is 9.91. The Morgan fingerprint density at radius 1 is 1.25 bits per heavy atom. The van der Waals surface area contributed by atoms with E-state index in [1.807, 2.05) is 0 Å². The van der Waals surface area contributed by atoms with E-state index in [1.165, 1.54) is 38.6 Å². The fourth-order valence-electron chi connectivity index (χ4n) is 3.48. The summed E-state index contributed by atoms with van der Waals surface area (Å²) in [4.78, 5) is 2.68. The lowest BCUT2D eigenvalue weighted by Gasteiger charge is -2.31. The normalized spacial score (nSPS) is 23.8. The maximum Gasteiger partial charge on any atom is 0.106 e. The Hall–Kier alpha value is -0.590. The van der Waals surface area contributed by atoms with Gasteiger partial charge >= 0.3 is 0 Å². The van der Waals surface area contributed by atoms with E-state index in [4.69, 9.17) is 0 Å². The second-order valence-electron chi connectivity index (χ2n) is 6.13. The summed E-state index contributed by atoms with van der Waals surface area (Å²) in [7, 11) is 0. The fourth-order valence-corrected chi connectivity index (χ4v) is 3.48. The molecule has 20 heavy (non-hydrogen) atoms. The average molecular weight is 279 g/mol. The van der Waals surface area contributed by atoms with E-state index in [0.717, 1.165) is 38.4 Å². The van der Waals surface area contributed by atoms with Gasteiger partial charge in [-0.1, -0.05) is 33.6 Å². The van der Waals surface area contributed by atoms with Gasteiger partial charge in [-0.05, 0) is 58.2 Å². The number of rotatable bonds is 8. The van der Waals surface area contributed by atoms with Crippen LogP contribution in [0.3, 0.4) is 0 Å². The summed E-state index contributed by atoms with van der Waals surface area (Å²) in [5, 5.41) is 12.9. The van der Waals surface area contributed by atoms with Crippen LogP contribution in [-0.2, 0) is 0 Å². The lowest BCUT2D eigenvalue weighted by Crippen LogP contribution is -2.44. The molecule has 0 bridgehead atoms. The molecule has 0 aromatic carbocycles. The molecule has 1 aliphatic rings. The largest absolute Gasteiger partial charge is 0.300 e. The number of nitrogens with one attached hydrogen (secondary N) is 1. The van der Waals surface area contributed by atoms with Gasteiger partial charge in [-0.2, -0.15) is 5.26 Å². The third kappa shape index (κ3) is 5.07. The summed E-state index contributed by atoms with van der Waals surface area (Å²) in [6, 6.07) is 3.28. The van der Waals surface area contributed by atoms with Gasteiger partial charge in [-0.15, -0.1) is 0 Å². The summed E-state index contributed by atoms with van der Waals surface area (Å²) in [6.07, 6.45) is 9.76. The van der Waals surface area contributed by atoms with E-state index < -0.39 is 0 Å². The highest BCUT2D eigenvalue weighted by Gasteiger charge is 2.27. The van der Waals surface area contributed by atoms with Crippen LogP contribution < -0.4 is 5.32 Å². The molecule has 0 spiro atoms. The van der Waals surface area contributed by atoms with Gasteiger partial charge in [0.1, 0.15) is 5.54 Å². The highest BCUT2D eigenvalue weighted by atomic mass is 15.2. The zero-order valence-electron chi connectivity index (χ0n) is 13.7. The SMILES string of the molecule is CCNC(C#N)(CC)CCCN1CCCCCC1CC. The molecule has 1 heterocycles. The van der Waals surface area contributed by atoms with E-state index in [9.17, 15) is 5.26 Å². The summed E-state index contributed by atoms with van der Waals surface area (Å²) < 4.78 is 0. The Morgan fingerprint density at radius 2 is 2.05 bits per heavy atom. The molecule has 3 heteroatoms. The zero-order chi connectivity index (χ0) is 14.8. The predicted octanol–water partition coefficient (Wildman–Crippen LogP) is 3.70. The van der Waals surface area contributed by atoms with E-state index >= 15 is 0 Å². The molecule has 0 amide bonds. The second kappa shape index (κ2) is 9.37. The van der Waals surface area contributed by atoms with Gasteiger partial charge in [0, 0.05) is 6.04 Å². The minimum absolute atomic E-state index is 0.303. The Kier molecular flexibility index (Phi) is 8.18. The topological polar surface area (TPSA) is 39.1 Å². The van der Waals surface area contributed by atoms with Crippen LogP contribution in [0.1, 0.15) is 72.1 Å². The van der Waals surface area contributed by atoms with Crippen molar-refractivity contribution in [3.63, 3.8) is 0 Å². The van der Waals surface area contributed by atoms with Crippen molar-refractivity contribution >= 4 is 0 Å². The first-order valence-corrected chi connectivity index (χ1v) is 8.61. The molecule has 0 radical (unpaired) electrons. The summed E-state index contributed by atoms with van der Waals surface area (Å²) >= 11 is 0. The van der Waals surface area contributed by atoms with Crippen molar-refractivity contribution in [3.05, 3.63) is 0 Å². The second-order valence-corrected chi connectivity index (χ2v) is 6.13. The zero-order valence-corrected chi connectivity index (χ0v) is 13.7. The first kappa shape index (κ1) is 17.5. The smallest absolute Gasteiger partial charge is 0.106 e. The molecule has 0 saturated carbocycles. The first-order valence-electron chi connectivity index (χ1n) is 8.61. The van der Waals surface area contributed by atoms with Gasteiger partial charge in [0.05, 0.1) is 6.07 Å². The fraction of sp³-hybridized carbons (Fsp3) is 0.941. The molecule has 3 nitrogen and oxygen atoms in total. The Balaban J connectivity index is 2.46. The number of hydrogen-bond acceptors (Lipinski definition) is 3. The number of hydrogen-bond donors (Lipinski definition) is 1. The predicted molar refractivity (Wildman–Crippen MR) is 85.7 cm³/mol. The quantitative estimate of drug-likeness (QED) is 0.736. The molecule has 2 atom stereocenters. The maximum absolute atomic E-state index is 9.46. The third-order valence-electron chi connectivity index (χ3n) is 4.85. The highest BCUT2D eigenvalue weighted by molar-refractivity contribution is 5.06. The Labute approximate surface area is 125 Å². The van der Waals surface area contributed by atoms with Crippen LogP contribution in [0.5, 0.6) is 0 Å². The summed E-state index contributed by atoms with van der Waals surface area (Å²) in [6.45, 7) is 9.81. The molecule has 1 fully saturated rings. The lowest BCUT2D eigenvalue weighted by molar-refractivity contribution is 0.185. The number of likely N-dealkylation sites (tertiary alicyclic amines) is 1. The third-order valence-corrected chi connectivity index (χ3v) is 4.85. The van der Waals surface area contributed by atoms with Crippen LogP contribution in [0.4, 0.5) is 0 Å². The average Bonchev–Trinajstić information content (AvgIpc) is 2.71. The molecule has 0 aromatic heterocycles. The van der Waals surface area contributed by atoms with E-state index in [2.05, 4.69) is 37.1 Å². The summed E-state index contributed by atoms with van der Waals surface area (Å²) in [5.41, 5.74) is -0.303. The molecular weight excluding hydrogens is 246 g/mol. The van der Waals surface area contributed by atoms with Crippen molar-refractivity contribution in [1.29, 1.82) is 5.26 Å². The van der Waals surface area contributed by atoms with Crippen LogP contribution in [-0.4, -0.2) is 36.1 Å². The number of nitriles is 1. The molecule has 1 aliphatic heterocycles. The summed E-state index contributed by atoms with van der Waals surface area (Å²) in [5.74, 6) is 0. The van der Waals surface area contributed by atoms with Crippen LogP contribution in [0.2, 0.25) is 0 Å².